The normalized spacial score (nSPS) is 18.5. The summed E-state index contributed by atoms with van der Waals surface area (Å²) in [6.45, 7) is 10.2. The zero-order valence-electron chi connectivity index (χ0n) is 44.4. The molecule has 4 aromatic carbocycles. The predicted octanol–water partition coefficient (Wildman–Crippen LogP) is 12.5. The minimum atomic E-state index is -0.421. The van der Waals surface area contributed by atoms with Crippen LogP contribution in [0, 0.1) is 11.6 Å². The van der Waals surface area contributed by atoms with E-state index in [1.165, 1.54) is 113 Å². The quantitative estimate of drug-likeness (QED) is 0.104. The third-order valence-corrected chi connectivity index (χ3v) is 17.1. The number of esters is 2. The average molecular weight is 1040 g/mol. The van der Waals surface area contributed by atoms with E-state index in [9.17, 15) is 28.0 Å². The number of carbonyl (C=O) groups excluding carboxylic acids is 4. The third-order valence-electron chi connectivity index (χ3n) is 17.1. The van der Waals surface area contributed by atoms with Gasteiger partial charge in [0.1, 0.15) is 36.2 Å². The molecule has 14 heteroatoms. The Morgan fingerprint density at radius 2 is 1.04 bits per heavy atom. The summed E-state index contributed by atoms with van der Waals surface area (Å²) in [6.07, 6.45) is 18.5. The topological polar surface area (TPSA) is 110 Å². The van der Waals surface area contributed by atoms with Gasteiger partial charge < -0.3 is 38.2 Å². The number of amides is 2. The van der Waals surface area contributed by atoms with Gasteiger partial charge in [0.05, 0.1) is 28.1 Å². The lowest BCUT2D eigenvalue weighted by Gasteiger charge is -2.31. The number of halogens is 2. The molecule has 6 aromatic rings. The summed E-state index contributed by atoms with van der Waals surface area (Å²) in [7, 11) is 0. The molecule has 4 aliphatic heterocycles. The molecule has 2 aliphatic carbocycles. The molecule has 0 bridgehead atoms. The zero-order valence-corrected chi connectivity index (χ0v) is 44.4. The van der Waals surface area contributed by atoms with E-state index in [1.54, 1.807) is 30.3 Å². The van der Waals surface area contributed by atoms with Crippen molar-refractivity contribution >= 4 is 56.9 Å². The number of nitrogens with zero attached hydrogens (tertiary/aromatic N) is 6. The van der Waals surface area contributed by atoms with Crippen molar-refractivity contribution in [3.8, 4) is 34.0 Å². The highest BCUT2D eigenvalue weighted by Crippen LogP contribution is 2.50. The van der Waals surface area contributed by atoms with E-state index < -0.39 is 11.8 Å². The lowest BCUT2D eigenvalue weighted by molar-refractivity contribution is -0.132. The number of piperidine rings is 2. The van der Waals surface area contributed by atoms with Crippen LogP contribution in [0.3, 0.4) is 0 Å². The number of benzene rings is 4. The van der Waals surface area contributed by atoms with Gasteiger partial charge in [-0.1, -0.05) is 44.9 Å². The molecular formula is C62H72F2N6O6. The smallest absolute Gasteiger partial charge is 0.308 e. The van der Waals surface area contributed by atoms with Crippen LogP contribution in [0.15, 0.2) is 72.8 Å². The standard InChI is InChI=1S/C31H34FN3O4.C31H38FN3O2/c1-20(36)39-23-11-12-24-27(17-23)35-19-29(38)34(18-28(37)33-14-6-3-7-15-33)26-13-10-22(32)16-25(26)31(35)30(24)21-8-4-2-5-9-21;1-22(36)37-25-11-12-26-29(21-25)35-19-18-34(17-16-33-14-6-3-7-15-33)28-13-10-24(32)20-27(28)31(35)30(26)23-8-4-2-5-9-23/h10-13,16-17,21H,2-9,14-15,18-19H2,1H3;10-13,20-21,23H,2-9,14-19H2,1H3. The first-order valence-corrected chi connectivity index (χ1v) is 28.3. The summed E-state index contributed by atoms with van der Waals surface area (Å²) in [4.78, 5) is 59.0. The number of carbonyl (C=O) groups is 4. The Labute approximate surface area is 444 Å². The number of aromatic nitrogens is 2. The second kappa shape index (κ2) is 22.6. The summed E-state index contributed by atoms with van der Waals surface area (Å²) in [5.74, 6) is 0.0754. The molecule has 6 aliphatic rings. The van der Waals surface area contributed by atoms with Crippen molar-refractivity contribution in [3.63, 3.8) is 0 Å². The Bertz CT molecular complexity index is 3160. The van der Waals surface area contributed by atoms with Crippen molar-refractivity contribution in [1.29, 1.82) is 0 Å². The first-order chi connectivity index (χ1) is 37.0. The van der Waals surface area contributed by atoms with E-state index >= 15 is 0 Å². The Hall–Kier alpha value is -6.54. The molecule has 400 valence electrons. The van der Waals surface area contributed by atoms with Crippen LogP contribution >= 0.6 is 0 Å². The fraction of sp³-hybridized carbons (Fsp3) is 0.484. The summed E-state index contributed by atoms with van der Waals surface area (Å²) in [5.41, 5.74) is 9.64. The lowest BCUT2D eigenvalue weighted by atomic mass is 9.81. The van der Waals surface area contributed by atoms with Crippen LogP contribution in [-0.4, -0.2) is 95.0 Å². The first kappa shape index (κ1) is 51.6. The first-order valence-electron chi connectivity index (χ1n) is 28.3. The van der Waals surface area contributed by atoms with Gasteiger partial charge in [-0.15, -0.1) is 0 Å². The lowest BCUT2D eigenvalue weighted by Crippen LogP contribution is -2.45. The molecule has 12 rings (SSSR count). The van der Waals surface area contributed by atoms with Gasteiger partial charge in [0.25, 0.3) is 0 Å². The SMILES string of the molecule is CC(=O)Oc1ccc2c(C3CCCCC3)c3n(c2c1)CC(=O)N(CC(=O)N1CCCCC1)c1ccc(F)cc1-3.CC(=O)Oc1ccc2c(C3CCCCC3)c3n(c2c1)CCN(CCN1CCCCC1)c1ccc(F)cc1-3. The summed E-state index contributed by atoms with van der Waals surface area (Å²) >= 11 is 0. The molecule has 0 radical (unpaired) electrons. The molecule has 2 saturated carbocycles. The van der Waals surface area contributed by atoms with Crippen molar-refractivity contribution in [3.05, 3.63) is 95.6 Å². The molecule has 0 spiro atoms. The molecule has 12 nitrogen and oxygen atoms in total. The van der Waals surface area contributed by atoms with Gasteiger partial charge in [-0.25, -0.2) is 8.78 Å². The average Bonchev–Trinajstić information content (AvgIpc) is 4.02. The van der Waals surface area contributed by atoms with E-state index in [2.05, 4.69) is 20.4 Å². The van der Waals surface area contributed by atoms with E-state index in [0.29, 0.717) is 41.8 Å². The van der Waals surface area contributed by atoms with Crippen LogP contribution in [0.5, 0.6) is 11.5 Å². The van der Waals surface area contributed by atoms with Gasteiger partial charge in [0.15, 0.2) is 0 Å². The van der Waals surface area contributed by atoms with Crippen molar-refractivity contribution in [2.75, 3.05) is 62.2 Å². The molecule has 0 unspecified atom stereocenters. The maximum absolute atomic E-state index is 14.9. The maximum atomic E-state index is 14.9. The minimum absolute atomic E-state index is 0.00561. The number of hydrogen-bond acceptors (Lipinski definition) is 8. The largest absolute Gasteiger partial charge is 0.427 e. The molecule has 0 atom stereocenters. The Morgan fingerprint density at radius 1 is 0.539 bits per heavy atom. The molecular weight excluding hydrogens is 963 g/mol. The second-order valence-electron chi connectivity index (χ2n) is 22.1. The van der Waals surface area contributed by atoms with Crippen LogP contribution in [0.1, 0.15) is 140 Å². The maximum Gasteiger partial charge on any atom is 0.308 e. The number of hydrogen-bond donors (Lipinski definition) is 0. The summed E-state index contributed by atoms with van der Waals surface area (Å²) in [5, 5.41) is 2.21. The van der Waals surface area contributed by atoms with Crippen molar-refractivity contribution in [2.24, 2.45) is 0 Å². The fourth-order valence-electron chi connectivity index (χ4n) is 13.6. The molecule has 2 aromatic heterocycles. The molecule has 6 heterocycles. The highest BCUT2D eigenvalue weighted by molar-refractivity contribution is 6.07. The van der Waals surface area contributed by atoms with Gasteiger partial charge in [-0.05, 0) is 155 Å². The zero-order chi connectivity index (χ0) is 52.5. The van der Waals surface area contributed by atoms with E-state index in [4.69, 9.17) is 9.47 Å². The molecule has 4 fully saturated rings. The molecule has 2 saturated heterocycles. The monoisotopic (exact) mass is 1030 g/mol. The number of likely N-dealkylation sites (tertiary alicyclic amines) is 2. The van der Waals surface area contributed by atoms with Crippen LogP contribution in [0.25, 0.3) is 44.3 Å². The van der Waals surface area contributed by atoms with Crippen LogP contribution < -0.4 is 19.3 Å². The number of anilines is 2. The van der Waals surface area contributed by atoms with Gasteiger partial charge in [0.2, 0.25) is 11.8 Å². The molecule has 0 N–H and O–H groups in total. The van der Waals surface area contributed by atoms with E-state index in [1.807, 2.05) is 33.7 Å². The van der Waals surface area contributed by atoms with Crippen LogP contribution in [0.4, 0.5) is 20.2 Å². The molecule has 76 heavy (non-hydrogen) atoms. The van der Waals surface area contributed by atoms with Crippen LogP contribution in [-0.2, 0) is 32.3 Å². The van der Waals surface area contributed by atoms with Crippen LogP contribution in [0.2, 0.25) is 0 Å². The van der Waals surface area contributed by atoms with Gasteiger partial charge in [-0.2, -0.15) is 0 Å². The Kier molecular flexibility index (Phi) is 15.3. The fourth-order valence-corrected chi connectivity index (χ4v) is 13.6. The second-order valence-corrected chi connectivity index (χ2v) is 22.1. The number of ether oxygens (including phenoxy) is 2. The molecule has 2 amide bonds. The minimum Gasteiger partial charge on any atom is -0.427 e. The summed E-state index contributed by atoms with van der Waals surface area (Å²) in [6, 6.07) is 21.4. The predicted molar refractivity (Wildman–Crippen MR) is 294 cm³/mol. The third kappa shape index (κ3) is 10.6. The Morgan fingerprint density at radius 3 is 1.61 bits per heavy atom. The van der Waals surface area contributed by atoms with Crippen molar-refractivity contribution in [1.82, 2.24) is 18.9 Å². The van der Waals surface area contributed by atoms with Gasteiger partial charge in [0, 0.05) is 92.8 Å². The van der Waals surface area contributed by atoms with Crippen molar-refractivity contribution in [2.45, 2.75) is 142 Å². The number of fused-ring (bicyclic) bond motifs is 10. The summed E-state index contributed by atoms with van der Waals surface area (Å²) < 4.78 is 45.0. The van der Waals surface area contributed by atoms with Gasteiger partial charge in [-0.3, -0.25) is 19.2 Å². The van der Waals surface area contributed by atoms with Crippen molar-refractivity contribution < 1.29 is 37.4 Å². The Balaban J connectivity index is 0.000000162. The highest BCUT2D eigenvalue weighted by Gasteiger charge is 2.36. The van der Waals surface area contributed by atoms with E-state index in [0.717, 1.165) is 116 Å². The van der Waals surface area contributed by atoms with E-state index in [-0.39, 0.29) is 42.6 Å². The number of rotatable bonds is 9. The van der Waals surface area contributed by atoms with Gasteiger partial charge >= 0.3 is 11.9 Å². The highest BCUT2D eigenvalue weighted by atomic mass is 19.1.